The van der Waals surface area contributed by atoms with Gasteiger partial charge in [0.1, 0.15) is 34.2 Å². The van der Waals surface area contributed by atoms with Crippen molar-refractivity contribution < 1.29 is 71.8 Å². The lowest BCUT2D eigenvalue weighted by Crippen LogP contribution is -2.35. The number of carbonyl (C=O) groups is 5. The van der Waals surface area contributed by atoms with Crippen LogP contribution in [0.4, 0.5) is 0 Å². The first kappa shape index (κ1) is 129. The topological polar surface area (TPSA) is 236 Å². The highest BCUT2D eigenvalue weighted by molar-refractivity contribution is 5.92. The number of ether oxygens (including phenoxy) is 5. The summed E-state index contributed by atoms with van der Waals surface area (Å²) < 4.78 is 35.0. The molecule has 12 aromatic rings. The minimum absolute atomic E-state index is 0.00211. The van der Waals surface area contributed by atoms with Gasteiger partial charge in [-0.2, -0.15) is 0 Å². The number of phenolic OH excluding ortho intramolecular Hbond substituents is 3. The SMILES string of the molecule is C#CC.CC.CC.CC.CC.CC.CC.CC.CC.CC.CC.CC#CC.COC(=O)c1ccc(C2(c3cc(C)c(O)c(C)c3)CCC2)cc1.COC(=O)c1ccc(C2(c3ccc(O)c(C)c3)CCC2)cc1.COC(=O)c1ccc(C2(c3ccc(O)cc3)CCC2)cc1.COC(=O)c1ccc(C2(c3ccc4oc(=O)c(C)c(C)c4c3)CCC2)cc1.COC(=O)c1ccc(C2(c3ccc4oc(C)cc4c3)CCC2)cc1. The second kappa shape index (κ2) is 66.6. The molecule has 0 atom stereocenters. The third-order valence-electron chi connectivity index (χ3n) is 26.0. The van der Waals surface area contributed by atoms with Crippen LogP contribution in [0.3, 0.4) is 0 Å². The molecule has 0 radical (unpaired) electrons. The minimum atomic E-state index is -0.323. The molecule has 3 N–H and O–H groups in total. The van der Waals surface area contributed by atoms with Gasteiger partial charge in [0.25, 0.3) is 0 Å². The molecule has 5 aliphatic carbocycles. The van der Waals surface area contributed by atoms with E-state index in [2.05, 4.69) is 90.9 Å². The molecule has 144 heavy (non-hydrogen) atoms. The lowest BCUT2D eigenvalue weighted by atomic mass is 9.60. The number of esters is 5. The number of rotatable bonds is 15. The van der Waals surface area contributed by atoms with Gasteiger partial charge in [-0.1, -0.05) is 280 Å². The van der Waals surface area contributed by atoms with Crippen LogP contribution in [0.15, 0.2) is 232 Å². The maximum absolute atomic E-state index is 11.9. The van der Waals surface area contributed by atoms with Crippen molar-refractivity contribution in [3.05, 3.63) is 346 Å². The van der Waals surface area contributed by atoms with Gasteiger partial charge in [0, 0.05) is 43.4 Å². The van der Waals surface area contributed by atoms with Crippen molar-refractivity contribution in [2.45, 2.75) is 324 Å². The number of terminal acetylenes is 1. The molecule has 0 aliphatic heterocycles. The quantitative estimate of drug-likeness (QED) is 0.0374. The van der Waals surface area contributed by atoms with Crippen molar-refractivity contribution >= 4 is 51.8 Å². The number of fused-ring (bicyclic) bond motifs is 2. The maximum Gasteiger partial charge on any atom is 0.339 e. The van der Waals surface area contributed by atoms with Crippen LogP contribution in [0.25, 0.3) is 21.9 Å². The summed E-state index contributed by atoms with van der Waals surface area (Å²) in [6, 6.07) is 70.9. The lowest BCUT2D eigenvalue weighted by Gasteiger charge is -2.43. The summed E-state index contributed by atoms with van der Waals surface area (Å²) in [6.45, 7) is 56.8. The van der Waals surface area contributed by atoms with Crippen LogP contribution in [0.5, 0.6) is 17.2 Å². The first-order chi connectivity index (χ1) is 69.6. The summed E-state index contributed by atoms with van der Waals surface area (Å²) in [7, 11) is 6.97. The van der Waals surface area contributed by atoms with Crippen LogP contribution in [0.1, 0.15) is 397 Å². The third-order valence-corrected chi connectivity index (χ3v) is 26.0. The largest absolute Gasteiger partial charge is 0.508 e. The van der Waals surface area contributed by atoms with E-state index in [1.807, 2.05) is 320 Å². The number of phenols is 3. The molecule has 0 bridgehead atoms. The summed E-state index contributed by atoms with van der Waals surface area (Å²) in [5.74, 6) is 8.00. The molecule has 2 heterocycles. The van der Waals surface area contributed by atoms with Crippen molar-refractivity contribution in [1.29, 1.82) is 0 Å². The van der Waals surface area contributed by atoms with E-state index >= 15 is 0 Å². The Morgan fingerprint density at radius 3 is 0.792 bits per heavy atom. The molecule has 5 aliphatic rings. The fourth-order valence-electron chi connectivity index (χ4n) is 17.8. The molecule has 16 nitrogen and oxygen atoms in total. The highest BCUT2D eigenvalue weighted by atomic mass is 16.5. The van der Waals surface area contributed by atoms with Gasteiger partial charge in [-0.15, -0.1) is 24.2 Å². The molecule has 0 amide bonds. The number of benzene rings is 10. The second-order valence-corrected chi connectivity index (χ2v) is 32.8. The summed E-state index contributed by atoms with van der Waals surface area (Å²) >= 11 is 0. The van der Waals surface area contributed by atoms with Gasteiger partial charge in [-0.05, 0) is 314 Å². The zero-order valence-electron chi connectivity index (χ0n) is 93.6. The Labute approximate surface area is 865 Å². The van der Waals surface area contributed by atoms with E-state index in [0.717, 1.165) is 109 Å². The van der Waals surface area contributed by atoms with E-state index in [4.69, 9.17) is 32.5 Å². The van der Waals surface area contributed by atoms with Gasteiger partial charge in [0.05, 0.1) is 63.4 Å². The number of aryl methyl sites for hydroxylation is 5. The Hall–Kier alpha value is -13.2. The van der Waals surface area contributed by atoms with Gasteiger partial charge < -0.3 is 47.8 Å². The van der Waals surface area contributed by atoms with Crippen LogP contribution in [0.2, 0.25) is 0 Å². The van der Waals surface area contributed by atoms with Crippen LogP contribution in [-0.4, -0.2) is 80.7 Å². The molecule has 17 rings (SSSR count). The first-order valence-electron chi connectivity index (χ1n) is 52.2. The van der Waals surface area contributed by atoms with Gasteiger partial charge in [-0.3, -0.25) is 0 Å². The van der Waals surface area contributed by atoms with Crippen molar-refractivity contribution in [3.8, 4) is 41.4 Å². The Bertz CT molecular complexity index is 5940. The van der Waals surface area contributed by atoms with E-state index < -0.39 is 0 Å². The first-order valence-corrected chi connectivity index (χ1v) is 52.2. The van der Waals surface area contributed by atoms with Crippen molar-refractivity contribution in [2.75, 3.05) is 35.5 Å². The molecular weight excluding hydrogens is 1790 g/mol. The predicted molar refractivity (Wildman–Crippen MR) is 601 cm³/mol. The monoisotopic (exact) mass is 1970 g/mol. The Kier molecular flexibility index (Phi) is 59.6. The van der Waals surface area contributed by atoms with Crippen LogP contribution < -0.4 is 5.63 Å². The normalized spacial score (nSPS) is 13.4. The molecule has 780 valence electrons. The van der Waals surface area contributed by atoms with E-state index in [0.29, 0.717) is 50.5 Å². The zero-order valence-corrected chi connectivity index (χ0v) is 93.6. The molecule has 16 heteroatoms. The number of methoxy groups -OCH3 is 5. The highest BCUT2D eigenvalue weighted by Crippen LogP contribution is 2.55. The summed E-state index contributed by atoms with van der Waals surface area (Å²) in [5.41, 5.74) is 20.9. The zero-order chi connectivity index (χ0) is 109. The Morgan fingerprint density at radius 2 is 0.528 bits per heavy atom. The maximum atomic E-state index is 11.9. The van der Waals surface area contributed by atoms with Crippen LogP contribution in [0, 0.1) is 65.7 Å². The van der Waals surface area contributed by atoms with E-state index in [1.165, 1.54) is 123 Å². The lowest BCUT2D eigenvalue weighted by molar-refractivity contribution is 0.0592. The smallest absolute Gasteiger partial charge is 0.339 e. The Balaban J connectivity index is 0.000000848. The summed E-state index contributed by atoms with van der Waals surface area (Å²) in [4.78, 5) is 70.0. The number of hydrogen-bond donors (Lipinski definition) is 3. The second-order valence-electron chi connectivity index (χ2n) is 32.8. The Morgan fingerprint density at radius 1 is 0.292 bits per heavy atom. The number of carbonyl (C=O) groups excluding carboxylic acids is 5. The van der Waals surface area contributed by atoms with Crippen LogP contribution in [-0.2, 0) is 50.8 Å². The van der Waals surface area contributed by atoms with E-state index in [1.54, 1.807) is 32.0 Å². The molecule has 0 spiro atoms. The highest BCUT2D eigenvalue weighted by Gasteiger charge is 2.45. The van der Waals surface area contributed by atoms with Crippen molar-refractivity contribution in [1.82, 2.24) is 0 Å². The predicted octanol–water partition coefficient (Wildman–Crippen LogP) is 33.5. The van der Waals surface area contributed by atoms with Gasteiger partial charge in [0.2, 0.25) is 0 Å². The van der Waals surface area contributed by atoms with Gasteiger partial charge >= 0.3 is 35.5 Å². The fraction of sp³-hybridized carbons (Fsp3) is 0.422. The fourth-order valence-corrected chi connectivity index (χ4v) is 17.8. The third kappa shape index (κ3) is 31.9. The van der Waals surface area contributed by atoms with Crippen LogP contribution >= 0.6 is 0 Å². The van der Waals surface area contributed by atoms with Crippen molar-refractivity contribution in [3.63, 3.8) is 0 Å². The number of furan rings is 1. The molecule has 0 unspecified atom stereocenters. The molecule has 2 aromatic heterocycles. The summed E-state index contributed by atoms with van der Waals surface area (Å²) in [5, 5.41) is 31.4. The molecule has 5 saturated carbocycles. The molecule has 0 saturated heterocycles. The average molecular weight is 1970 g/mol. The van der Waals surface area contributed by atoms with E-state index in [9.17, 15) is 44.1 Å². The number of hydrogen-bond acceptors (Lipinski definition) is 16. The number of aromatic hydroxyl groups is 3. The van der Waals surface area contributed by atoms with Gasteiger partial charge in [-0.25, -0.2) is 28.8 Å². The molecule has 10 aromatic carbocycles. The average Bonchev–Trinajstić information content (AvgIpc) is 1.28. The minimum Gasteiger partial charge on any atom is -0.508 e. The summed E-state index contributed by atoms with van der Waals surface area (Å²) in [6.07, 6.45) is 21.5. The van der Waals surface area contributed by atoms with Crippen molar-refractivity contribution in [2.24, 2.45) is 0 Å². The molecular formula is C128H172O16. The molecule has 5 fully saturated rings. The standard InChI is InChI=1S/C23H22O4.C21H20O3.C20H22O3.C19H20O3.C18H18O3.C4H6.C3H4.10C2H6/c1-14-15(2)21(24)27-20-10-9-18(13-19(14)20)23(11-4-12-23)17-7-5-16(6-8-17)22(25)26-3;1-14-12-16-13-18(8-9-19(16)24-14)21(10-3-11-21)17-6-4-15(5-7-17)20(22)23-2;1-13-11-17(12-14(2)18(13)21)20(9-4-10-20)16-7-5-15(6-8-16)19(22)23-3;1-13-12-16(8-9-17(13)20)19(10-3-11-19)15-6-4-14(5-7-15)18(21)22-2;1-21-17(20)13-3-5-14(6-4-13)18(11-2-12-18)15-7-9-16(19)10-8-15;1-3-4-2;1-3-2;10*1-2/h5-10,13H,4,11-12H2,1-3H3;4-9,12-13H,3,10-11H2,1-2H3;5-8,11-12,21H,4,9-10H2,1-3H3;4-9,12,20H,3,10-11H2,1-2H3;3-10,19H,2,11-12H2,1H3;1-2H3;1H,2H3;10*1-2H3. The van der Waals surface area contributed by atoms with Gasteiger partial charge in [0.15, 0.2) is 0 Å². The van der Waals surface area contributed by atoms with E-state index in [-0.39, 0.29) is 68.3 Å².